The first-order valence-corrected chi connectivity index (χ1v) is 10.7. The number of nitrogens with one attached hydrogen (secondary N) is 2. The number of hydrogen-bond acceptors (Lipinski definition) is 4. The van der Waals surface area contributed by atoms with Crippen LogP contribution < -0.4 is 10.2 Å². The first-order chi connectivity index (χ1) is 14.0. The van der Waals surface area contributed by atoms with Gasteiger partial charge in [-0.15, -0.1) is 10.2 Å². The molecule has 2 N–H and O–H groups in total. The quantitative estimate of drug-likeness (QED) is 0.564. The van der Waals surface area contributed by atoms with E-state index in [0.29, 0.717) is 12.1 Å². The summed E-state index contributed by atoms with van der Waals surface area (Å²) in [5, 5.41) is 12.5. The molecule has 1 amide bonds. The second-order valence-corrected chi connectivity index (χ2v) is 8.32. The fourth-order valence-electron chi connectivity index (χ4n) is 2.71. The Morgan fingerprint density at radius 3 is 2.31 bits per heavy atom. The summed E-state index contributed by atoms with van der Waals surface area (Å²) in [4.78, 5) is 13.5. The van der Waals surface area contributed by atoms with Crippen molar-refractivity contribution < 1.29 is 9.69 Å². The van der Waals surface area contributed by atoms with E-state index in [1.807, 2.05) is 36.4 Å². The minimum absolute atomic E-state index is 0.0250. The van der Waals surface area contributed by atoms with Gasteiger partial charge in [-0.3, -0.25) is 4.79 Å². The van der Waals surface area contributed by atoms with Crippen molar-refractivity contribution >= 4 is 17.7 Å². The number of hydrogen-bond donors (Lipinski definition) is 2. The molecule has 3 aromatic rings. The Kier molecular flexibility index (Phi) is 7.38. The molecule has 6 heteroatoms. The Morgan fingerprint density at radius 2 is 1.69 bits per heavy atom. The Morgan fingerprint density at radius 1 is 0.966 bits per heavy atom. The molecular formula is C23H27N4OS+. The topological polar surface area (TPSA) is 59.3 Å². The average Bonchev–Trinajstić information content (AvgIpc) is 2.73. The number of nitrogens with zero attached hydrogens (tertiary/aromatic N) is 2. The van der Waals surface area contributed by atoms with Crippen molar-refractivity contribution in [3.8, 4) is 11.3 Å². The maximum atomic E-state index is 12.1. The van der Waals surface area contributed by atoms with Crippen molar-refractivity contribution in [1.29, 1.82) is 0 Å². The van der Waals surface area contributed by atoms with Crippen LogP contribution in [0.3, 0.4) is 0 Å². The fraction of sp³-hybridized carbons (Fsp3) is 0.261. The van der Waals surface area contributed by atoms with E-state index in [-0.39, 0.29) is 5.91 Å². The highest BCUT2D eigenvalue weighted by Gasteiger charge is 2.07. The summed E-state index contributed by atoms with van der Waals surface area (Å²) in [5.41, 5.74) is 5.01. The van der Waals surface area contributed by atoms with Gasteiger partial charge in [-0.2, -0.15) is 0 Å². The molecular weight excluding hydrogens is 380 g/mol. The zero-order chi connectivity index (χ0) is 20.6. The van der Waals surface area contributed by atoms with Crippen molar-refractivity contribution in [2.24, 2.45) is 0 Å². The first-order valence-electron chi connectivity index (χ1n) is 9.71. The van der Waals surface area contributed by atoms with E-state index in [4.69, 9.17) is 0 Å². The fourth-order valence-corrected chi connectivity index (χ4v) is 3.48. The molecule has 0 fully saturated rings. The van der Waals surface area contributed by atoms with Crippen LogP contribution in [0.25, 0.3) is 11.3 Å². The van der Waals surface area contributed by atoms with E-state index in [1.165, 1.54) is 10.5 Å². The minimum Gasteiger partial charge on any atom is -0.346 e. The van der Waals surface area contributed by atoms with Crippen LogP contribution in [0, 0.1) is 6.92 Å². The molecule has 0 bridgehead atoms. The molecule has 0 saturated carbocycles. The smallest absolute Gasteiger partial charge is 0.251 e. The molecule has 29 heavy (non-hydrogen) atoms. The van der Waals surface area contributed by atoms with Crippen molar-refractivity contribution in [3.05, 3.63) is 77.4 Å². The standard InChI is InChI=1S/C23H26N4OS/c1-17-4-8-19(9-5-17)21-12-13-22(26-25-21)29-16-18-6-10-20(11-7-18)23(28)24-14-15-27(2)3/h4-13H,14-16H2,1-3H3,(H,24,28)/p+1. The Balaban J connectivity index is 1.52. The molecule has 1 aromatic heterocycles. The van der Waals surface area contributed by atoms with Crippen molar-refractivity contribution in [2.45, 2.75) is 17.7 Å². The van der Waals surface area contributed by atoms with Gasteiger partial charge in [-0.1, -0.05) is 53.7 Å². The van der Waals surface area contributed by atoms with Crippen LogP contribution in [0.1, 0.15) is 21.5 Å². The van der Waals surface area contributed by atoms with Crippen LogP contribution in [0.15, 0.2) is 65.7 Å². The number of thioether (sulfide) groups is 1. The average molecular weight is 408 g/mol. The predicted octanol–water partition coefficient (Wildman–Crippen LogP) is 2.62. The lowest BCUT2D eigenvalue weighted by atomic mass is 10.1. The van der Waals surface area contributed by atoms with Crippen LogP contribution in [0.4, 0.5) is 0 Å². The first kappa shape index (κ1) is 21.0. The lowest BCUT2D eigenvalue weighted by Crippen LogP contribution is -3.06. The highest BCUT2D eigenvalue weighted by atomic mass is 32.2. The Hall–Kier alpha value is -2.70. The Bertz CT molecular complexity index is 923. The van der Waals surface area contributed by atoms with Gasteiger partial charge in [0.25, 0.3) is 5.91 Å². The summed E-state index contributed by atoms with van der Waals surface area (Å²) >= 11 is 1.63. The molecule has 0 unspecified atom stereocenters. The van der Waals surface area contributed by atoms with Crippen LogP contribution in [0.5, 0.6) is 0 Å². The number of carbonyl (C=O) groups is 1. The third kappa shape index (κ3) is 6.41. The molecule has 0 aliphatic heterocycles. The summed E-state index contributed by atoms with van der Waals surface area (Å²) in [7, 11) is 4.14. The van der Waals surface area contributed by atoms with Gasteiger partial charge in [0.15, 0.2) is 0 Å². The number of carbonyl (C=O) groups excluding carboxylic acids is 1. The molecule has 0 saturated heterocycles. The number of rotatable bonds is 8. The maximum absolute atomic E-state index is 12.1. The number of amides is 1. The maximum Gasteiger partial charge on any atom is 0.251 e. The van der Waals surface area contributed by atoms with Crippen LogP contribution in [0.2, 0.25) is 0 Å². The lowest BCUT2D eigenvalue weighted by Gasteiger charge is -2.09. The van der Waals surface area contributed by atoms with Crippen LogP contribution in [-0.4, -0.2) is 43.3 Å². The van der Waals surface area contributed by atoms with Gasteiger partial charge in [0.2, 0.25) is 0 Å². The zero-order valence-corrected chi connectivity index (χ0v) is 17.9. The number of aromatic nitrogens is 2. The third-order valence-electron chi connectivity index (χ3n) is 4.50. The van der Waals surface area contributed by atoms with E-state index < -0.39 is 0 Å². The summed E-state index contributed by atoms with van der Waals surface area (Å²) in [6.07, 6.45) is 0. The third-order valence-corrected chi connectivity index (χ3v) is 5.49. The van der Waals surface area contributed by atoms with E-state index >= 15 is 0 Å². The monoisotopic (exact) mass is 407 g/mol. The van der Waals surface area contributed by atoms with E-state index in [0.717, 1.165) is 34.1 Å². The van der Waals surface area contributed by atoms with Gasteiger partial charge >= 0.3 is 0 Å². The SMILES string of the molecule is Cc1ccc(-c2ccc(SCc3ccc(C(=O)NCC[NH+](C)C)cc3)nn2)cc1. The number of aryl methyl sites for hydroxylation is 1. The predicted molar refractivity (Wildman–Crippen MR) is 118 cm³/mol. The highest BCUT2D eigenvalue weighted by Crippen LogP contribution is 2.23. The molecule has 0 radical (unpaired) electrons. The Labute approximate surface area is 176 Å². The molecule has 3 rings (SSSR count). The van der Waals surface area contributed by atoms with Gasteiger partial charge in [-0.25, -0.2) is 0 Å². The number of likely N-dealkylation sites (N-methyl/N-ethyl adjacent to an activating group) is 1. The summed E-state index contributed by atoms with van der Waals surface area (Å²) in [6.45, 7) is 3.65. The van der Waals surface area contributed by atoms with Gasteiger partial charge in [0, 0.05) is 16.9 Å². The molecule has 0 spiro atoms. The van der Waals surface area contributed by atoms with E-state index in [9.17, 15) is 4.79 Å². The molecule has 0 atom stereocenters. The van der Waals surface area contributed by atoms with E-state index in [2.05, 4.69) is 60.8 Å². The van der Waals surface area contributed by atoms with Crippen molar-refractivity contribution in [1.82, 2.24) is 15.5 Å². The second kappa shape index (κ2) is 10.2. The molecule has 150 valence electrons. The van der Waals surface area contributed by atoms with Crippen LogP contribution in [-0.2, 0) is 5.75 Å². The zero-order valence-electron chi connectivity index (χ0n) is 17.1. The van der Waals surface area contributed by atoms with Gasteiger partial charge in [-0.05, 0) is 36.8 Å². The molecule has 1 heterocycles. The number of benzene rings is 2. The van der Waals surface area contributed by atoms with Gasteiger partial charge in [0.1, 0.15) is 5.03 Å². The molecule has 2 aromatic carbocycles. The highest BCUT2D eigenvalue weighted by molar-refractivity contribution is 7.98. The van der Waals surface area contributed by atoms with Crippen LogP contribution >= 0.6 is 11.8 Å². The second-order valence-electron chi connectivity index (χ2n) is 7.32. The van der Waals surface area contributed by atoms with Crippen molar-refractivity contribution in [2.75, 3.05) is 27.2 Å². The summed E-state index contributed by atoms with van der Waals surface area (Å²) in [5.74, 6) is 0.757. The van der Waals surface area contributed by atoms with E-state index in [1.54, 1.807) is 11.8 Å². The normalized spacial score (nSPS) is 10.9. The van der Waals surface area contributed by atoms with Gasteiger partial charge in [0.05, 0.1) is 32.9 Å². The summed E-state index contributed by atoms with van der Waals surface area (Å²) in [6, 6.07) is 20.0. The van der Waals surface area contributed by atoms with Gasteiger partial charge < -0.3 is 10.2 Å². The lowest BCUT2D eigenvalue weighted by molar-refractivity contribution is -0.856. The minimum atomic E-state index is -0.0250. The molecule has 5 nitrogen and oxygen atoms in total. The number of quaternary nitrogens is 1. The van der Waals surface area contributed by atoms with Crippen molar-refractivity contribution in [3.63, 3.8) is 0 Å². The largest absolute Gasteiger partial charge is 0.346 e. The molecule has 0 aliphatic rings. The summed E-state index contributed by atoms with van der Waals surface area (Å²) < 4.78 is 0. The molecule has 0 aliphatic carbocycles.